The monoisotopic (exact) mass is 628 g/mol. The van der Waals surface area contributed by atoms with Gasteiger partial charge in [0.25, 0.3) is 5.56 Å². The summed E-state index contributed by atoms with van der Waals surface area (Å²) in [5, 5.41) is 0. The lowest BCUT2D eigenvalue weighted by Gasteiger charge is -2.24. The Bertz CT molecular complexity index is 1740. The van der Waals surface area contributed by atoms with Gasteiger partial charge in [0, 0.05) is 6.92 Å². The number of halogens is 1. The van der Waals surface area contributed by atoms with Gasteiger partial charge in [-0.05, 0) is 78.2 Å². The van der Waals surface area contributed by atoms with E-state index in [2.05, 4.69) is 20.9 Å². The van der Waals surface area contributed by atoms with Gasteiger partial charge >= 0.3 is 11.9 Å². The second kappa shape index (κ2) is 11.3. The number of ether oxygens (including phenoxy) is 5. The lowest BCUT2D eigenvalue weighted by Crippen LogP contribution is -2.39. The highest BCUT2D eigenvalue weighted by Crippen LogP contribution is 2.39. The lowest BCUT2D eigenvalue weighted by molar-refractivity contribution is -0.139. The quantitative estimate of drug-likeness (QED) is 0.288. The summed E-state index contributed by atoms with van der Waals surface area (Å²) in [6.07, 6.45) is 1.70. The fourth-order valence-electron chi connectivity index (χ4n) is 4.52. The number of nitrogens with zero attached hydrogens (tertiary/aromatic N) is 2. The Balaban J connectivity index is 1.68. The summed E-state index contributed by atoms with van der Waals surface area (Å²) < 4.78 is 29.7. The number of carbonyl (C=O) groups excluding carboxylic acids is 2. The highest BCUT2D eigenvalue weighted by Gasteiger charge is 2.34. The number of fused-ring (bicyclic) bond motifs is 2. The fourth-order valence-corrected chi connectivity index (χ4v) is 6.11. The molecule has 10 nitrogen and oxygen atoms in total. The van der Waals surface area contributed by atoms with Crippen molar-refractivity contribution in [1.82, 2.24) is 4.57 Å². The molecule has 2 aliphatic rings. The minimum absolute atomic E-state index is 0.0939. The Morgan fingerprint density at radius 3 is 2.67 bits per heavy atom. The average Bonchev–Trinajstić information content (AvgIpc) is 3.49. The first kappa shape index (κ1) is 27.7. The molecule has 2 aromatic carbocycles. The number of esters is 2. The van der Waals surface area contributed by atoms with E-state index in [0.29, 0.717) is 54.5 Å². The SMILES string of the molecule is CCOC(=O)C1=C(C)N=c2s/c(=C\c3cc(Br)c(OC(C)=O)c(OCC)c3)c(=O)n2[C@@H]1c1ccc2c(c1)OCO2. The second-order valence-corrected chi connectivity index (χ2v) is 10.6. The first-order valence-corrected chi connectivity index (χ1v) is 14.1. The molecule has 0 saturated heterocycles. The van der Waals surface area contributed by atoms with Crippen LogP contribution in [0.5, 0.6) is 23.0 Å². The third-order valence-electron chi connectivity index (χ3n) is 6.10. The van der Waals surface area contributed by atoms with Crippen LogP contribution in [0, 0.1) is 0 Å². The molecule has 0 aliphatic carbocycles. The summed E-state index contributed by atoms with van der Waals surface area (Å²) in [6.45, 7) is 7.18. The van der Waals surface area contributed by atoms with Crippen LogP contribution >= 0.6 is 27.3 Å². The van der Waals surface area contributed by atoms with Gasteiger partial charge in [0.05, 0.1) is 39.5 Å². The van der Waals surface area contributed by atoms with Gasteiger partial charge in [0.1, 0.15) is 0 Å². The summed E-state index contributed by atoms with van der Waals surface area (Å²) in [4.78, 5) is 43.7. The van der Waals surface area contributed by atoms with E-state index >= 15 is 0 Å². The maximum Gasteiger partial charge on any atom is 0.338 e. The van der Waals surface area contributed by atoms with E-state index in [-0.39, 0.29) is 30.3 Å². The lowest BCUT2D eigenvalue weighted by atomic mass is 9.95. The van der Waals surface area contributed by atoms with Crippen LogP contribution in [0.3, 0.4) is 0 Å². The Morgan fingerprint density at radius 2 is 1.95 bits per heavy atom. The minimum atomic E-state index is -0.788. The molecule has 3 heterocycles. The highest BCUT2D eigenvalue weighted by atomic mass is 79.9. The molecule has 2 aliphatic heterocycles. The van der Waals surface area contributed by atoms with Crippen molar-refractivity contribution in [2.45, 2.75) is 33.7 Å². The van der Waals surface area contributed by atoms with Gasteiger partial charge in [-0.2, -0.15) is 0 Å². The molecule has 5 rings (SSSR count). The van der Waals surface area contributed by atoms with Crippen LogP contribution in [-0.4, -0.2) is 36.5 Å². The number of rotatable bonds is 7. The number of thiazole rings is 1. The maximum atomic E-state index is 13.9. The molecule has 12 heteroatoms. The number of hydrogen-bond acceptors (Lipinski definition) is 10. The molecule has 40 heavy (non-hydrogen) atoms. The molecule has 0 spiro atoms. The second-order valence-electron chi connectivity index (χ2n) is 8.77. The Labute approximate surface area is 241 Å². The largest absolute Gasteiger partial charge is 0.490 e. The van der Waals surface area contributed by atoms with E-state index < -0.39 is 18.0 Å². The number of aromatic nitrogens is 1. The molecule has 3 aromatic rings. The highest BCUT2D eigenvalue weighted by molar-refractivity contribution is 9.10. The topological polar surface area (TPSA) is 115 Å². The van der Waals surface area contributed by atoms with Crippen LogP contribution in [-0.2, 0) is 14.3 Å². The zero-order valence-electron chi connectivity index (χ0n) is 22.1. The smallest absolute Gasteiger partial charge is 0.338 e. The third-order valence-corrected chi connectivity index (χ3v) is 7.68. The predicted molar refractivity (Wildman–Crippen MR) is 150 cm³/mol. The third kappa shape index (κ3) is 5.16. The van der Waals surface area contributed by atoms with Crippen molar-refractivity contribution < 1.29 is 33.3 Å². The maximum absolute atomic E-state index is 13.9. The first-order chi connectivity index (χ1) is 19.2. The average molecular weight is 629 g/mol. The molecule has 208 valence electrons. The number of carbonyl (C=O) groups is 2. The van der Waals surface area contributed by atoms with E-state index in [9.17, 15) is 14.4 Å². The van der Waals surface area contributed by atoms with Gasteiger partial charge in [-0.3, -0.25) is 14.2 Å². The first-order valence-electron chi connectivity index (χ1n) is 12.5. The summed E-state index contributed by atoms with van der Waals surface area (Å²) >= 11 is 4.64. The van der Waals surface area contributed by atoms with E-state index in [4.69, 9.17) is 23.7 Å². The zero-order valence-corrected chi connectivity index (χ0v) is 24.5. The van der Waals surface area contributed by atoms with Crippen molar-refractivity contribution in [3.63, 3.8) is 0 Å². The van der Waals surface area contributed by atoms with E-state index in [1.165, 1.54) is 22.8 Å². The Morgan fingerprint density at radius 1 is 1.18 bits per heavy atom. The van der Waals surface area contributed by atoms with Crippen LogP contribution in [0.2, 0.25) is 0 Å². The molecular weight excluding hydrogens is 604 g/mol. The summed E-state index contributed by atoms with van der Waals surface area (Å²) in [5.41, 5.74) is 1.69. The van der Waals surface area contributed by atoms with Crippen molar-refractivity contribution in [3.05, 3.63) is 76.9 Å². The summed E-state index contributed by atoms with van der Waals surface area (Å²) in [6, 6.07) is 7.94. The Kier molecular flexibility index (Phi) is 7.81. The van der Waals surface area contributed by atoms with Gasteiger partial charge in [0.2, 0.25) is 6.79 Å². The minimum Gasteiger partial charge on any atom is -0.490 e. The summed E-state index contributed by atoms with van der Waals surface area (Å²) in [7, 11) is 0. The van der Waals surface area contributed by atoms with Crippen molar-refractivity contribution in [2.24, 2.45) is 4.99 Å². The van der Waals surface area contributed by atoms with Crippen LogP contribution < -0.4 is 33.8 Å². The van der Waals surface area contributed by atoms with Crippen molar-refractivity contribution >= 4 is 45.3 Å². The Hall–Kier alpha value is -3.90. The number of benzene rings is 2. The molecule has 1 atom stereocenters. The molecule has 1 aromatic heterocycles. The van der Waals surface area contributed by atoms with E-state index in [1.807, 2.05) is 6.92 Å². The molecular formula is C28H25BrN2O8S. The van der Waals surface area contributed by atoms with Crippen molar-refractivity contribution in [3.8, 4) is 23.0 Å². The molecule has 0 unspecified atom stereocenters. The number of allylic oxidation sites excluding steroid dienone is 1. The van der Waals surface area contributed by atoms with Crippen molar-refractivity contribution in [2.75, 3.05) is 20.0 Å². The predicted octanol–water partition coefficient (Wildman–Crippen LogP) is 3.61. The van der Waals surface area contributed by atoms with Crippen molar-refractivity contribution in [1.29, 1.82) is 0 Å². The van der Waals surface area contributed by atoms with Gasteiger partial charge in [-0.1, -0.05) is 17.4 Å². The van der Waals surface area contributed by atoms with Gasteiger partial charge in [-0.25, -0.2) is 9.79 Å². The zero-order chi connectivity index (χ0) is 28.6. The summed E-state index contributed by atoms with van der Waals surface area (Å²) in [5.74, 6) is 0.683. The van der Waals surface area contributed by atoms with Crippen LogP contribution in [0.4, 0.5) is 0 Å². The van der Waals surface area contributed by atoms with E-state index in [0.717, 1.165) is 0 Å². The van der Waals surface area contributed by atoms with Crippen LogP contribution in [0.15, 0.2) is 55.9 Å². The fraction of sp³-hybridized carbons (Fsp3) is 0.286. The molecule has 0 saturated carbocycles. The van der Waals surface area contributed by atoms with Gasteiger partial charge in [0.15, 0.2) is 27.8 Å². The van der Waals surface area contributed by atoms with Crippen LogP contribution in [0.1, 0.15) is 44.9 Å². The molecule has 0 N–H and O–H groups in total. The standard InChI is InChI=1S/C28H25BrN2O8S/c1-5-35-21-10-16(9-18(29)25(21)39-15(4)32)11-22-26(33)31-24(17-7-8-19-20(12-17)38-13-37-19)23(27(34)36-6-2)14(3)30-28(31)40-22/h7-12,24H,5-6,13H2,1-4H3/b22-11-/t24-/m1/s1. The molecule has 0 radical (unpaired) electrons. The molecule has 0 bridgehead atoms. The van der Waals surface area contributed by atoms with Gasteiger partial charge < -0.3 is 23.7 Å². The van der Waals surface area contributed by atoms with E-state index in [1.54, 1.807) is 50.3 Å². The normalized spacial score (nSPS) is 15.9. The van der Waals surface area contributed by atoms with Gasteiger partial charge in [-0.15, -0.1) is 0 Å². The number of hydrogen-bond donors (Lipinski definition) is 0. The molecule has 0 amide bonds. The van der Waals surface area contributed by atoms with Crippen LogP contribution in [0.25, 0.3) is 6.08 Å². The molecule has 0 fully saturated rings.